The third kappa shape index (κ3) is 2.97. The third-order valence-corrected chi connectivity index (χ3v) is 3.63. The summed E-state index contributed by atoms with van der Waals surface area (Å²) in [6.07, 6.45) is 3.15. The molecule has 1 aliphatic carbocycles. The van der Waals surface area contributed by atoms with Gasteiger partial charge in [0.15, 0.2) is 5.79 Å². The van der Waals surface area contributed by atoms with E-state index in [1.165, 1.54) is 0 Å². The molecule has 1 atom stereocenters. The van der Waals surface area contributed by atoms with Gasteiger partial charge in [-0.2, -0.15) is 0 Å². The molecule has 1 spiro atoms. The second-order valence-corrected chi connectivity index (χ2v) is 4.77. The number of carbonyl (C=O) groups is 1. The number of nitrogens with one attached hydrogen (secondary N) is 1. The molecular formula is C12H21NO4. The molecule has 5 nitrogen and oxygen atoms in total. The number of rotatable bonds is 3. The van der Waals surface area contributed by atoms with Crippen molar-refractivity contribution in [2.24, 2.45) is 0 Å². The molecule has 2 aliphatic rings. The fraction of sp³-hybridized carbons (Fsp3) is 0.917. The van der Waals surface area contributed by atoms with Crippen molar-refractivity contribution in [2.45, 2.75) is 50.5 Å². The first-order valence-corrected chi connectivity index (χ1v) is 6.26. The maximum atomic E-state index is 11.7. The lowest BCUT2D eigenvalue weighted by Gasteiger charge is -2.35. The van der Waals surface area contributed by atoms with Gasteiger partial charge in [0.1, 0.15) is 6.10 Å². The quantitative estimate of drug-likeness (QED) is 0.797. The highest BCUT2D eigenvalue weighted by molar-refractivity contribution is 5.80. The fourth-order valence-corrected chi connectivity index (χ4v) is 2.41. The number of hydrogen-bond acceptors (Lipinski definition) is 4. The summed E-state index contributed by atoms with van der Waals surface area (Å²) in [5, 5.41) is 3.00. The van der Waals surface area contributed by atoms with Crippen molar-refractivity contribution < 1.29 is 19.0 Å². The Kier molecular flexibility index (Phi) is 4.01. The first kappa shape index (κ1) is 12.8. The average Bonchev–Trinajstić information content (AvgIpc) is 2.80. The third-order valence-electron chi connectivity index (χ3n) is 3.63. The highest BCUT2D eigenvalue weighted by Gasteiger charge is 2.40. The average molecular weight is 243 g/mol. The molecule has 1 saturated carbocycles. The minimum absolute atomic E-state index is 0.0401. The zero-order valence-corrected chi connectivity index (χ0v) is 10.5. The van der Waals surface area contributed by atoms with E-state index in [0.29, 0.717) is 13.2 Å². The Labute approximate surface area is 102 Å². The van der Waals surface area contributed by atoms with Gasteiger partial charge in [0.25, 0.3) is 0 Å². The molecule has 0 radical (unpaired) electrons. The van der Waals surface area contributed by atoms with Gasteiger partial charge in [-0.25, -0.2) is 0 Å². The van der Waals surface area contributed by atoms with Gasteiger partial charge in [0, 0.05) is 26.0 Å². The van der Waals surface area contributed by atoms with Crippen LogP contribution in [0, 0.1) is 0 Å². The summed E-state index contributed by atoms with van der Waals surface area (Å²) in [7, 11) is 1.54. The smallest absolute Gasteiger partial charge is 0.249 e. The fourth-order valence-electron chi connectivity index (χ4n) is 2.41. The molecule has 1 saturated heterocycles. The van der Waals surface area contributed by atoms with Crippen LogP contribution in [0.25, 0.3) is 0 Å². The van der Waals surface area contributed by atoms with Crippen LogP contribution >= 0.6 is 0 Å². The van der Waals surface area contributed by atoms with Crippen LogP contribution in [0.15, 0.2) is 0 Å². The highest BCUT2D eigenvalue weighted by atomic mass is 16.7. The molecule has 1 aliphatic heterocycles. The zero-order valence-electron chi connectivity index (χ0n) is 10.5. The molecule has 5 heteroatoms. The van der Waals surface area contributed by atoms with E-state index in [0.717, 1.165) is 25.7 Å². The molecule has 2 fully saturated rings. The normalized spacial score (nSPS) is 26.0. The second kappa shape index (κ2) is 5.33. The van der Waals surface area contributed by atoms with E-state index in [1.807, 2.05) is 0 Å². The van der Waals surface area contributed by atoms with Crippen LogP contribution in [-0.4, -0.2) is 44.2 Å². The Bertz CT molecular complexity index is 266. The lowest BCUT2D eigenvalue weighted by Crippen LogP contribution is -2.46. The molecule has 0 aromatic carbocycles. The predicted molar refractivity (Wildman–Crippen MR) is 61.5 cm³/mol. The zero-order chi connectivity index (χ0) is 12.3. The van der Waals surface area contributed by atoms with Crippen molar-refractivity contribution >= 4 is 5.91 Å². The number of carbonyl (C=O) groups excluding carboxylic acids is 1. The van der Waals surface area contributed by atoms with Crippen molar-refractivity contribution in [1.82, 2.24) is 5.32 Å². The summed E-state index contributed by atoms with van der Waals surface area (Å²) in [4.78, 5) is 11.7. The van der Waals surface area contributed by atoms with E-state index in [2.05, 4.69) is 5.32 Å². The molecule has 1 heterocycles. The van der Waals surface area contributed by atoms with E-state index < -0.39 is 0 Å². The molecule has 0 aromatic heterocycles. The van der Waals surface area contributed by atoms with Gasteiger partial charge >= 0.3 is 0 Å². The van der Waals surface area contributed by atoms with Gasteiger partial charge < -0.3 is 19.5 Å². The maximum Gasteiger partial charge on any atom is 0.249 e. The van der Waals surface area contributed by atoms with Crippen LogP contribution in [0.2, 0.25) is 0 Å². The van der Waals surface area contributed by atoms with Crippen molar-refractivity contribution in [3.8, 4) is 0 Å². The SMILES string of the molecule is COC(C)C(=O)NC1CCC2(CC1)OCCO2. The summed E-state index contributed by atoms with van der Waals surface area (Å²) in [5.41, 5.74) is 0. The molecule has 17 heavy (non-hydrogen) atoms. The first-order chi connectivity index (χ1) is 8.15. The summed E-state index contributed by atoms with van der Waals surface area (Å²) in [6.45, 7) is 3.14. The number of ether oxygens (including phenoxy) is 3. The van der Waals surface area contributed by atoms with Crippen LogP contribution in [0.1, 0.15) is 32.6 Å². The summed E-state index contributed by atoms with van der Waals surface area (Å²) in [5.74, 6) is -0.393. The molecule has 98 valence electrons. The van der Waals surface area contributed by atoms with Gasteiger partial charge in [-0.05, 0) is 19.8 Å². The molecule has 1 amide bonds. The Balaban J connectivity index is 1.77. The molecule has 1 unspecified atom stereocenters. The van der Waals surface area contributed by atoms with Crippen LogP contribution < -0.4 is 5.32 Å². The largest absolute Gasteiger partial charge is 0.372 e. The van der Waals surface area contributed by atoms with E-state index in [9.17, 15) is 4.79 Å². The second-order valence-electron chi connectivity index (χ2n) is 4.77. The minimum atomic E-state index is -0.384. The maximum absolute atomic E-state index is 11.7. The van der Waals surface area contributed by atoms with E-state index in [4.69, 9.17) is 14.2 Å². The standard InChI is InChI=1S/C12H21NO4/c1-9(15-2)11(14)13-10-3-5-12(6-4-10)16-7-8-17-12/h9-10H,3-8H2,1-2H3,(H,13,14). The number of hydrogen-bond donors (Lipinski definition) is 1. The molecule has 0 aromatic rings. The molecule has 0 bridgehead atoms. The van der Waals surface area contributed by atoms with E-state index in [1.54, 1.807) is 14.0 Å². The van der Waals surface area contributed by atoms with Gasteiger partial charge in [0.05, 0.1) is 13.2 Å². The predicted octanol–water partition coefficient (Wildman–Crippen LogP) is 0.823. The van der Waals surface area contributed by atoms with Gasteiger partial charge in [-0.3, -0.25) is 4.79 Å². The van der Waals surface area contributed by atoms with Crippen molar-refractivity contribution in [2.75, 3.05) is 20.3 Å². The van der Waals surface area contributed by atoms with Crippen molar-refractivity contribution in [3.63, 3.8) is 0 Å². The highest BCUT2D eigenvalue weighted by Crippen LogP contribution is 2.35. The van der Waals surface area contributed by atoms with Gasteiger partial charge in [-0.15, -0.1) is 0 Å². The van der Waals surface area contributed by atoms with Crippen LogP contribution in [0.4, 0.5) is 0 Å². The summed E-state index contributed by atoms with van der Waals surface area (Å²) >= 11 is 0. The topological polar surface area (TPSA) is 56.8 Å². The molecule has 2 rings (SSSR count). The van der Waals surface area contributed by atoms with Crippen LogP contribution in [0.3, 0.4) is 0 Å². The van der Waals surface area contributed by atoms with Gasteiger partial charge in [-0.1, -0.05) is 0 Å². The Morgan fingerprint density at radius 1 is 1.35 bits per heavy atom. The van der Waals surface area contributed by atoms with Gasteiger partial charge in [0.2, 0.25) is 5.91 Å². The monoisotopic (exact) mass is 243 g/mol. The van der Waals surface area contributed by atoms with Crippen molar-refractivity contribution in [1.29, 1.82) is 0 Å². The van der Waals surface area contributed by atoms with E-state index >= 15 is 0 Å². The number of methoxy groups -OCH3 is 1. The lowest BCUT2D eigenvalue weighted by molar-refractivity contribution is -0.180. The van der Waals surface area contributed by atoms with Crippen molar-refractivity contribution in [3.05, 3.63) is 0 Å². The Morgan fingerprint density at radius 2 is 1.94 bits per heavy atom. The summed E-state index contributed by atoms with van der Waals surface area (Å²) in [6, 6.07) is 0.221. The number of amides is 1. The van der Waals surface area contributed by atoms with Crippen LogP contribution in [0.5, 0.6) is 0 Å². The lowest BCUT2D eigenvalue weighted by atomic mass is 9.90. The summed E-state index contributed by atoms with van der Waals surface area (Å²) < 4.78 is 16.3. The molecular weight excluding hydrogens is 222 g/mol. The minimum Gasteiger partial charge on any atom is -0.372 e. The van der Waals surface area contributed by atoms with E-state index in [-0.39, 0.29) is 23.8 Å². The Morgan fingerprint density at radius 3 is 2.47 bits per heavy atom. The van der Waals surface area contributed by atoms with Crippen LogP contribution in [-0.2, 0) is 19.0 Å². The first-order valence-electron chi connectivity index (χ1n) is 6.26. The Hall–Kier alpha value is -0.650. The molecule has 1 N–H and O–H groups in total.